The monoisotopic (exact) mass is 501 g/mol. The van der Waals surface area contributed by atoms with Crippen molar-refractivity contribution < 1.29 is 28.2 Å². The highest BCUT2D eigenvalue weighted by atomic mass is 19.1. The Kier molecular flexibility index (Phi) is 7.47. The number of carboxylic acids is 1. The van der Waals surface area contributed by atoms with E-state index in [1.807, 2.05) is 0 Å². The highest BCUT2D eigenvalue weighted by Crippen LogP contribution is 2.26. The molecule has 1 aromatic heterocycles. The lowest BCUT2D eigenvalue weighted by atomic mass is 10.0. The highest BCUT2D eigenvalue weighted by molar-refractivity contribution is 5.87. The number of carbonyl (C=O) groups excluding carboxylic acids is 1. The smallest absolute Gasteiger partial charge is 0.335 e. The molecule has 0 atom stereocenters. The topological polar surface area (TPSA) is 111 Å². The number of halogens is 2. The van der Waals surface area contributed by atoms with Crippen LogP contribution in [0.1, 0.15) is 34.8 Å². The van der Waals surface area contributed by atoms with Crippen LogP contribution in [-0.2, 0) is 11.3 Å². The standard InChI is InChI=1S/C25H25F2N3O6/c26-12-20(13-27)36-19-5-6-22-21(11-19)23(32)29(14-16-1-3-17(4-2-16)24(33)34)25(35)30(22)18-7-9-28(15-31)10-8-18/h1-6,11,15,18,20H,7-10,12-14H2,(H,33,34). The largest absolute Gasteiger partial charge is 0.485 e. The molecule has 1 N–H and O–H groups in total. The number of hydrogen-bond donors (Lipinski definition) is 1. The molecule has 0 spiro atoms. The van der Waals surface area contributed by atoms with Gasteiger partial charge in [-0.2, -0.15) is 0 Å². The highest BCUT2D eigenvalue weighted by Gasteiger charge is 2.25. The lowest BCUT2D eigenvalue weighted by Crippen LogP contribution is -2.44. The van der Waals surface area contributed by atoms with E-state index in [0.29, 0.717) is 37.0 Å². The molecule has 2 heterocycles. The molecule has 4 rings (SSSR count). The van der Waals surface area contributed by atoms with Crippen molar-refractivity contribution in [2.24, 2.45) is 0 Å². The van der Waals surface area contributed by atoms with Gasteiger partial charge in [-0.05, 0) is 48.7 Å². The van der Waals surface area contributed by atoms with Crippen molar-refractivity contribution in [3.8, 4) is 5.75 Å². The Morgan fingerprint density at radius 3 is 2.33 bits per heavy atom. The second kappa shape index (κ2) is 10.7. The number of aromatic nitrogens is 2. The Bertz CT molecular complexity index is 1370. The molecule has 11 heteroatoms. The van der Waals surface area contributed by atoms with E-state index in [0.717, 1.165) is 11.0 Å². The van der Waals surface area contributed by atoms with E-state index < -0.39 is 36.7 Å². The molecule has 1 saturated heterocycles. The Labute approximate surface area is 204 Å². The van der Waals surface area contributed by atoms with Crippen LogP contribution in [0.2, 0.25) is 0 Å². The van der Waals surface area contributed by atoms with Gasteiger partial charge in [0.15, 0.2) is 6.10 Å². The zero-order chi connectivity index (χ0) is 25.8. The predicted molar refractivity (Wildman–Crippen MR) is 127 cm³/mol. The van der Waals surface area contributed by atoms with Gasteiger partial charge in [0, 0.05) is 19.1 Å². The Morgan fingerprint density at radius 1 is 1.08 bits per heavy atom. The number of piperidine rings is 1. The summed E-state index contributed by atoms with van der Waals surface area (Å²) in [6.07, 6.45) is 0.456. The molecule has 190 valence electrons. The normalized spacial score (nSPS) is 14.4. The SMILES string of the molecule is O=CN1CCC(n2c(=O)n(Cc3ccc(C(=O)O)cc3)c(=O)c3cc(OC(CF)CF)ccc32)CC1. The summed E-state index contributed by atoms with van der Waals surface area (Å²) in [7, 11) is 0. The van der Waals surface area contributed by atoms with Crippen LogP contribution in [0.3, 0.4) is 0 Å². The van der Waals surface area contributed by atoms with Crippen molar-refractivity contribution in [2.75, 3.05) is 26.4 Å². The van der Waals surface area contributed by atoms with E-state index in [2.05, 4.69) is 0 Å². The molecule has 2 aromatic carbocycles. The second-order valence-corrected chi connectivity index (χ2v) is 8.65. The summed E-state index contributed by atoms with van der Waals surface area (Å²) in [5.74, 6) is -1.00. The van der Waals surface area contributed by atoms with Gasteiger partial charge < -0.3 is 14.7 Å². The minimum atomic E-state index is -1.31. The molecule has 0 bridgehead atoms. The van der Waals surface area contributed by atoms with Gasteiger partial charge >= 0.3 is 11.7 Å². The van der Waals surface area contributed by atoms with Crippen molar-refractivity contribution in [2.45, 2.75) is 31.5 Å². The first-order valence-corrected chi connectivity index (χ1v) is 11.5. The molecule has 0 saturated carbocycles. The molecular formula is C25H25F2N3O6. The summed E-state index contributed by atoms with van der Waals surface area (Å²) < 4.78 is 33.9. The molecule has 0 aliphatic carbocycles. The minimum absolute atomic E-state index is 0.0704. The number of likely N-dealkylation sites (tertiary alicyclic amines) is 1. The quantitative estimate of drug-likeness (QED) is 0.451. The van der Waals surface area contributed by atoms with Gasteiger partial charge in [-0.15, -0.1) is 0 Å². The molecule has 9 nitrogen and oxygen atoms in total. The van der Waals surface area contributed by atoms with Crippen molar-refractivity contribution in [1.82, 2.24) is 14.0 Å². The Hall–Kier alpha value is -4.02. The first-order valence-electron chi connectivity index (χ1n) is 11.5. The van der Waals surface area contributed by atoms with Gasteiger partial charge in [-0.1, -0.05) is 12.1 Å². The summed E-state index contributed by atoms with van der Waals surface area (Å²) in [5.41, 5.74) is -0.180. The summed E-state index contributed by atoms with van der Waals surface area (Å²) in [4.78, 5) is 50.9. The summed E-state index contributed by atoms with van der Waals surface area (Å²) in [6, 6.07) is 9.90. The van der Waals surface area contributed by atoms with Gasteiger partial charge in [-0.25, -0.2) is 18.4 Å². The van der Waals surface area contributed by atoms with E-state index in [4.69, 9.17) is 9.84 Å². The van der Waals surface area contributed by atoms with E-state index in [-0.39, 0.29) is 29.3 Å². The average molecular weight is 501 g/mol. The second-order valence-electron chi connectivity index (χ2n) is 8.65. The molecule has 1 amide bonds. The maximum absolute atomic E-state index is 13.6. The summed E-state index contributed by atoms with van der Waals surface area (Å²) >= 11 is 0. The first kappa shape index (κ1) is 25.1. The molecule has 3 aromatic rings. The minimum Gasteiger partial charge on any atom is -0.485 e. The van der Waals surface area contributed by atoms with Gasteiger partial charge in [0.2, 0.25) is 6.41 Å². The van der Waals surface area contributed by atoms with Crippen molar-refractivity contribution >= 4 is 23.3 Å². The predicted octanol–water partition coefficient (Wildman–Crippen LogP) is 2.39. The molecule has 1 fully saturated rings. The van der Waals surface area contributed by atoms with Crippen LogP contribution < -0.4 is 16.0 Å². The number of benzene rings is 2. The first-order chi connectivity index (χ1) is 17.4. The van der Waals surface area contributed by atoms with E-state index in [1.165, 1.54) is 47.0 Å². The summed E-state index contributed by atoms with van der Waals surface area (Å²) in [5, 5.41) is 9.26. The van der Waals surface area contributed by atoms with Gasteiger partial charge in [0.05, 0.1) is 23.0 Å². The number of rotatable bonds is 9. The van der Waals surface area contributed by atoms with Crippen LogP contribution in [0, 0.1) is 0 Å². The van der Waals surface area contributed by atoms with E-state index >= 15 is 0 Å². The number of hydrogen-bond acceptors (Lipinski definition) is 5. The number of aromatic carboxylic acids is 1. The van der Waals surface area contributed by atoms with Crippen LogP contribution in [0.25, 0.3) is 10.9 Å². The Morgan fingerprint density at radius 2 is 1.75 bits per heavy atom. The maximum Gasteiger partial charge on any atom is 0.335 e. The lowest BCUT2D eigenvalue weighted by molar-refractivity contribution is -0.119. The number of nitrogens with zero attached hydrogens (tertiary/aromatic N) is 3. The molecule has 1 aliphatic rings. The van der Waals surface area contributed by atoms with E-state index in [9.17, 15) is 28.0 Å². The number of carboxylic acid groups (broad SMARTS) is 1. The van der Waals surface area contributed by atoms with Gasteiger partial charge in [0.25, 0.3) is 5.56 Å². The fourth-order valence-corrected chi connectivity index (χ4v) is 4.41. The van der Waals surface area contributed by atoms with Crippen LogP contribution in [0.4, 0.5) is 8.78 Å². The number of carbonyl (C=O) groups is 2. The van der Waals surface area contributed by atoms with Crippen molar-refractivity contribution in [3.05, 3.63) is 74.4 Å². The Balaban J connectivity index is 1.83. The number of amides is 1. The number of ether oxygens (including phenoxy) is 1. The number of alkyl halides is 2. The van der Waals surface area contributed by atoms with Crippen molar-refractivity contribution in [3.63, 3.8) is 0 Å². The van der Waals surface area contributed by atoms with Crippen LogP contribution in [0.15, 0.2) is 52.1 Å². The molecular weight excluding hydrogens is 476 g/mol. The molecule has 0 radical (unpaired) electrons. The molecule has 1 aliphatic heterocycles. The van der Waals surface area contributed by atoms with Gasteiger partial charge in [0.1, 0.15) is 19.1 Å². The summed E-state index contributed by atoms with van der Waals surface area (Å²) in [6.45, 7) is -1.29. The lowest BCUT2D eigenvalue weighted by Gasteiger charge is -2.31. The third kappa shape index (κ3) is 5.00. The van der Waals surface area contributed by atoms with E-state index in [1.54, 1.807) is 4.90 Å². The zero-order valence-electron chi connectivity index (χ0n) is 19.3. The van der Waals surface area contributed by atoms with Crippen molar-refractivity contribution in [1.29, 1.82) is 0 Å². The maximum atomic E-state index is 13.6. The fraction of sp³-hybridized carbons (Fsp3) is 0.360. The average Bonchev–Trinajstić information content (AvgIpc) is 2.90. The number of fused-ring (bicyclic) bond motifs is 1. The third-order valence-electron chi connectivity index (χ3n) is 6.34. The third-order valence-corrected chi connectivity index (χ3v) is 6.34. The molecule has 36 heavy (non-hydrogen) atoms. The van der Waals surface area contributed by atoms with Crippen LogP contribution >= 0.6 is 0 Å². The van der Waals surface area contributed by atoms with Gasteiger partial charge in [-0.3, -0.25) is 18.7 Å². The van der Waals surface area contributed by atoms with Crippen LogP contribution in [-0.4, -0.2) is 64.1 Å². The molecule has 0 unspecified atom stereocenters. The van der Waals surface area contributed by atoms with Crippen LogP contribution in [0.5, 0.6) is 5.75 Å². The fourth-order valence-electron chi connectivity index (χ4n) is 4.41. The zero-order valence-corrected chi connectivity index (χ0v) is 19.3.